The molecule has 1 aromatic heterocycles. The third-order valence-corrected chi connectivity index (χ3v) is 2.97. The quantitative estimate of drug-likeness (QED) is 0.695. The van der Waals surface area contributed by atoms with Gasteiger partial charge in [-0.1, -0.05) is 32.6 Å². The van der Waals surface area contributed by atoms with E-state index in [2.05, 4.69) is 24.1 Å². The number of nitrogens with two attached hydrogens (primary N) is 1. The molecule has 0 aromatic carbocycles. The number of unbranched alkanes of at least 4 members (excludes halogenated alkanes) is 3. The van der Waals surface area contributed by atoms with Crippen molar-refractivity contribution < 1.29 is 4.74 Å². The Morgan fingerprint density at radius 3 is 2.78 bits per heavy atom. The summed E-state index contributed by atoms with van der Waals surface area (Å²) in [5, 5.41) is 3.37. The average Bonchev–Trinajstić information content (AvgIpc) is 2.37. The van der Waals surface area contributed by atoms with E-state index in [4.69, 9.17) is 10.5 Å². The van der Waals surface area contributed by atoms with Gasteiger partial charge in [0.2, 0.25) is 5.88 Å². The molecule has 0 saturated carbocycles. The number of nitrogens with one attached hydrogen (secondary N) is 1. The first kappa shape index (κ1) is 14.6. The van der Waals surface area contributed by atoms with E-state index in [-0.39, 0.29) is 0 Å². The molecule has 4 heteroatoms. The van der Waals surface area contributed by atoms with E-state index in [0.29, 0.717) is 17.6 Å². The fourth-order valence-electron chi connectivity index (χ4n) is 1.90. The van der Waals surface area contributed by atoms with Gasteiger partial charge in [0, 0.05) is 6.04 Å². The molecule has 4 nitrogen and oxygen atoms in total. The Hall–Kier alpha value is -1.45. The van der Waals surface area contributed by atoms with Crippen LogP contribution >= 0.6 is 0 Å². The van der Waals surface area contributed by atoms with Crippen molar-refractivity contribution in [2.24, 2.45) is 0 Å². The Morgan fingerprint density at radius 1 is 1.33 bits per heavy atom. The van der Waals surface area contributed by atoms with Crippen LogP contribution in [0.1, 0.15) is 46.0 Å². The molecule has 0 saturated heterocycles. The predicted molar refractivity (Wildman–Crippen MR) is 77.0 cm³/mol. The topological polar surface area (TPSA) is 60.2 Å². The van der Waals surface area contributed by atoms with E-state index in [9.17, 15) is 0 Å². The number of ether oxygens (including phenoxy) is 1. The fourth-order valence-corrected chi connectivity index (χ4v) is 1.90. The van der Waals surface area contributed by atoms with Crippen molar-refractivity contribution in [1.82, 2.24) is 4.98 Å². The molecule has 3 N–H and O–H groups in total. The van der Waals surface area contributed by atoms with Gasteiger partial charge in [-0.2, -0.15) is 4.98 Å². The van der Waals surface area contributed by atoms with Crippen LogP contribution in [0.3, 0.4) is 0 Å². The molecule has 18 heavy (non-hydrogen) atoms. The lowest BCUT2D eigenvalue weighted by Crippen LogP contribution is -2.16. The van der Waals surface area contributed by atoms with E-state index in [1.54, 1.807) is 7.11 Å². The van der Waals surface area contributed by atoms with Crippen molar-refractivity contribution in [3.63, 3.8) is 0 Å². The van der Waals surface area contributed by atoms with Crippen LogP contribution in [0.4, 0.5) is 11.5 Å². The van der Waals surface area contributed by atoms with E-state index in [0.717, 1.165) is 12.2 Å². The zero-order chi connectivity index (χ0) is 13.4. The largest absolute Gasteiger partial charge is 0.479 e. The van der Waals surface area contributed by atoms with Crippen LogP contribution in [0, 0.1) is 0 Å². The summed E-state index contributed by atoms with van der Waals surface area (Å²) in [5.74, 6) is 1.31. The first-order chi connectivity index (χ1) is 8.67. The van der Waals surface area contributed by atoms with Gasteiger partial charge < -0.3 is 15.8 Å². The maximum atomic E-state index is 5.73. The normalized spacial score (nSPS) is 12.2. The van der Waals surface area contributed by atoms with Gasteiger partial charge in [0.05, 0.1) is 12.8 Å². The highest BCUT2D eigenvalue weighted by Crippen LogP contribution is 2.21. The number of aromatic nitrogens is 1. The highest BCUT2D eigenvalue weighted by Gasteiger charge is 2.06. The molecule has 0 radical (unpaired) electrons. The van der Waals surface area contributed by atoms with E-state index in [1.807, 2.05) is 12.1 Å². The van der Waals surface area contributed by atoms with Crippen LogP contribution in [0.15, 0.2) is 12.1 Å². The van der Waals surface area contributed by atoms with Crippen LogP contribution in [0.25, 0.3) is 0 Å². The molecule has 0 amide bonds. The van der Waals surface area contributed by atoms with Crippen molar-refractivity contribution in [3.05, 3.63) is 12.1 Å². The summed E-state index contributed by atoms with van der Waals surface area (Å²) in [7, 11) is 1.58. The average molecular weight is 251 g/mol. The Morgan fingerprint density at radius 2 is 2.11 bits per heavy atom. The molecule has 1 unspecified atom stereocenters. The highest BCUT2D eigenvalue weighted by molar-refractivity contribution is 5.53. The lowest BCUT2D eigenvalue weighted by molar-refractivity contribution is 0.400. The predicted octanol–water partition coefficient (Wildman–Crippen LogP) is 3.44. The first-order valence-electron chi connectivity index (χ1n) is 6.74. The molecule has 0 bridgehead atoms. The van der Waals surface area contributed by atoms with Crippen molar-refractivity contribution >= 4 is 11.5 Å². The summed E-state index contributed by atoms with van der Waals surface area (Å²) >= 11 is 0. The molecule has 0 fully saturated rings. The minimum atomic E-state index is 0.419. The van der Waals surface area contributed by atoms with Crippen LogP contribution in [-0.2, 0) is 0 Å². The molecule has 1 rings (SSSR count). The van der Waals surface area contributed by atoms with E-state index >= 15 is 0 Å². The summed E-state index contributed by atoms with van der Waals surface area (Å²) in [5.41, 5.74) is 6.30. The Bertz CT molecular complexity index is 355. The van der Waals surface area contributed by atoms with Crippen LogP contribution in [0.2, 0.25) is 0 Å². The second-order valence-corrected chi connectivity index (χ2v) is 4.69. The summed E-state index contributed by atoms with van der Waals surface area (Å²) in [6.07, 6.45) is 6.32. The lowest BCUT2D eigenvalue weighted by atomic mass is 10.1. The zero-order valence-electron chi connectivity index (χ0n) is 11.7. The van der Waals surface area contributed by atoms with Gasteiger partial charge in [-0.3, -0.25) is 0 Å². The molecule has 0 aliphatic carbocycles. The highest BCUT2D eigenvalue weighted by atomic mass is 16.5. The minimum Gasteiger partial charge on any atom is -0.479 e. The number of nitrogen functional groups attached to an aromatic ring is 1. The lowest BCUT2D eigenvalue weighted by Gasteiger charge is -2.15. The molecule has 0 spiro atoms. The molecule has 1 aromatic rings. The van der Waals surface area contributed by atoms with Crippen molar-refractivity contribution in [2.45, 2.75) is 52.0 Å². The Balaban J connectivity index is 2.41. The van der Waals surface area contributed by atoms with Crippen LogP contribution in [0.5, 0.6) is 5.88 Å². The summed E-state index contributed by atoms with van der Waals surface area (Å²) in [6.45, 7) is 4.41. The fraction of sp³-hybridized carbons (Fsp3) is 0.643. The summed E-state index contributed by atoms with van der Waals surface area (Å²) in [6, 6.07) is 4.13. The van der Waals surface area contributed by atoms with Gasteiger partial charge in [0.1, 0.15) is 5.82 Å². The van der Waals surface area contributed by atoms with E-state index in [1.165, 1.54) is 25.7 Å². The van der Waals surface area contributed by atoms with Gasteiger partial charge in [-0.15, -0.1) is 0 Å². The monoisotopic (exact) mass is 251 g/mol. The SMILES string of the molecule is CCCCCCC(C)Nc1ccc(N)c(OC)n1. The molecule has 1 atom stereocenters. The second-order valence-electron chi connectivity index (χ2n) is 4.69. The number of rotatable bonds is 8. The Kier molecular flexibility index (Phi) is 6.33. The smallest absolute Gasteiger partial charge is 0.238 e. The van der Waals surface area contributed by atoms with Crippen molar-refractivity contribution in [3.8, 4) is 5.88 Å². The minimum absolute atomic E-state index is 0.419. The number of pyridine rings is 1. The number of hydrogen-bond acceptors (Lipinski definition) is 4. The van der Waals surface area contributed by atoms with Gasteiger partial charge in [-0.05, 0) is 25.5 Å². The van der Waals surface area contributed by atoms with Gasteiger partial charge in [0.15, 0.2) is 0 Å². The molecular formula is C14H25N3O. The summed E-state index contributed by atoms with van der Waals surface area (Å²) in [4.78, 5) is 4.32. The van der Waals surface area contributed by atoms with Crippen LogP contribution in [-0.4, -0.2) is 18.1 Å². The number of hydrogen-bond donors (Lipinski definition) is 2. The zero-order valence-corrected chi connectivity index (χ0v) is 11.7. The van der Waals surface area contributed by atoms with Gasteiger partial charge >= 0.3 is 0 Å². The molecule has 102 valence electrons. The van der Waals surface area contributed by atoms with Crippen molar-refractivity contribution in [2.75, 3.05) is 18.2 Å². The van der Waals surface area contributed by atoms with Crippen LogP contribution < -0.4 is 15.8 Å². The third-order valence-electron chi connectivity index (χ3n) is 2.97. The molecular weight excluding hydrogens is 226 g/mol. The number of anilines is 2. The molecule has 0 aliphatic rings. The first-order valence-corrected chi connectivity index (χ1v) is 6.74. The molecule has 1 heterocycles. The van der Waals surface area contributed by atoms with E-state index < -0.39 is 0 Å². The summed E-state index contributed by atoms with van der Waals surface area (Å²) < 4.78 is 5.10. The van der Waals surface area contributed by atoms with Crippen molar-refractivity contribution in [1.29, 1.82) is 0 Å². The second kappa shape index (κ2) is 7.80. The van der Waals surface area contributed by atoms with Gasteiger partial charge in [-0.25, -0.2) is 0 Å². The van der Waals surface area contributed by atoms with Gasteiger partial charge in [0.25, 0.3) is 0 Å². The third kappa shape index (κ3) is 4.82. The maximum absolute atomic E-state index is 5.73. The number of methoxy groups -OCH3 is 1. The number of nitrogens with zero attached hydrogens (tertiary/aromatic N) is 1. The standard InChI is InChI=1S/C14H25N3O/c1-4-5-6-7-8-11(2)16-13-10-9-12(15)14(17-13)18-3/h9-11H,4-8,15H2,1-3H3,(H,16,17). The maximum Gasteiger partial charge on any atom is 0.238 e. The Labute approximate surface area is 110 Å². The molecule has 0 aliphatic heterocycles.